The van der Waals surface area contributed by atoms with E-state index in [-0.39, 0.29) is 22.8 Å². The summed E-state index contributed by atoms with van der Waals surface area (Å²) >= 11 is 6.04. The van der Waals surface area contributed by atoms with Crippen LogP contribution < -0.4 is 10.1 Å². The number of fused-ring (bicyclic) bond motifs is 1. The highest BCUT2D eigenvalue weighted by atomic mass is 35.5. The van der Waals surface area contributed by atoms with Gasteiger partial charge >= 0.3 is 12.8 Å². The third-order valence-corrected chi connectivity index (χ3v) is 4.12. The summed E-state index contributed by atoms with van der Waals surface area (Å²) in [6.45, 7) is -0.193. The summed E-state index contributed by atoms with van der Waals surface area (Å²) < 4.78 is 69.8. The number of amides is 1. The first-order valence-corrected chi connectivity index (χ1v) is 8.35. The number of halogens is 6. The van der Waals surface area contributed by atoms with E-state index >= 15 is 0 Å². The van der Waals surface area contributed by atoms with Crippen molar-refractivity contribution in [2.45, 2.75) is 26.6 Å². The maximum atomic E-state index is 13.3. The van der Waals surface area contributed by atoms with Crippen LogP contribution in [0.5, 0.6) is 5.75 Å². The van der Waals surface area contributed by atoms with Crippen LogP contribution in [0.2, 0.25) is 5.02 Å². The molecule has 0 spiro atoms. The highest BCUT2D eigenvalue weighted by Gasteiger charge is 2.36. The number of alkyl halides is 5. The second-order valence-electron chi connectivity index (χ2n) is 6.01. The van der Waals surface area contributed by atoms with Gasteiger partial charge in [0.05, 0.1) is 5.69 Å². The second-order valence-corrected chi connectivity index (χ2v) is 6.39. The molecule has 0 radical (unpaired) electrons. The number of nitrogens with zero attached hydrogens (tertiary/aromatic N) is 3. The molecule has 1 N–H and O–H groups in total. The number of anilines is 1. The van der Waals surface area contributed by atoms with Gasteiger partial charge in [0.2, 0.25) is 0 Å². The van der Waals surface area contributed by atoms with E-state index in [1.807, 2.05) is 0 Å². The van der Waals surface area contributed by atoms with Crippen molar-refractivity contribution in [3.05, 3.63) is 51.9 Å². The quantitative estimate of drug-likeness (QED) is 0.595. The van der Waals surface area contributed by atoms with Gasteiger partial charge in [-0.05, 0) is 37.6 Å². The smallest absolute Gasteiger partial charge is 0.433 e. The van der Waals surface area contributed by atoms with Crippen LogP contribution in [0.1, 0.15) is 27.4 Å². The third kappa shape index (κ3) is 4.24. The molecule has 0 fully saturated rings. The second kappa shape index (κ2) is 7.47. The van der Waals surface area contributed by atoms with Crippen molar-refractivity contribution in [2.24, 2.45) is 0 Å². The number of hydrogen-bond donors (Lipinski definition) is 1. The summed E-state index contributed by atoms with van der Waals surface area (Å²) in [7, 11) is 0. The Kier molecular flexibility index (Phi) is 5.35. The van der Waals surface area contributed by atoms with Gasteiger partial charge in [-0.25, -0.2) is 9.50 Å². The van der Waals surface area contributed by atoms with Crippen LogP contribution in [-0.2, 0) is 6.18 Å². The van der Waals surface area contributed by atoms with Gasteiger partial charge in [-0.3, -0.25) is 4.79 Å². The molecular formula is C17H12ClF5N4O2. The minimum absolute atomic E-state index is 0.0183. The first-order chi connectivity index (χ1) is 13.5. The lowest BCUT2D eigenvalue weighted by Crippen LogP contribution is -2.16. The first kappa shape index (κ1) is 20.8. The highest BCUT2D eigenvalue weighted by molar-refractivity contribution is 6.37. The van der Waals surface area contributed by atoms with Crippen LogP contribution in [0.3, 0.4) is 0 Å². The predicted octanol–water partition coefficient (Wildman–Crippen LogP) is 4.87. The van der Waals surface area contributed by atoms with E-state index < -0.39 is 35.1 Å². The van der Waals surface area contributed by atoms with Crippen molar-refractivity contribution in [3.8, 4) is 5.75 Å². The minimum Gasteiger partial charge on any atom is -0.433 e. The fraction of sp³-hybridized carbons (Fsp3) is 0.235. The lowest BCUT2D eigenvalue weighted by Gasteiger charge is -2.12. The van der Waals surface area contributed by atoms with Crippen LogP contribution in [-0.4, -0.2) is 27.1 Å². The molecule has 154 valence electrons. The van der Waals surface area contributed by atoms with E-state index in [9.17, 15) is 26.7 Å². The Morgan fingerprint density at radius 3 is 2.55 bits per heavy atom. The number of ether oxygens (including phenoxy) is 1. The van der Waals surface area contributed by atoms with Gasteiger partial charge in [-0.1, -0.05) is 17.7 Å². The number of aryl methyl sites for hydroxylation is 2. The van der Waals surface area contributed by atoms with E-state index in [1.165, 1.54) is 25.1 Å². The van der Waals surface area contributed by atoms with Crippen LogP contribution in [0.4, 0.5) is 27.6 Å². The Labute approximate surface area is 165 Å². The molecule has 0 saturated carbocycles. The van der Waals surface area contributed by atoms with Gasteiger partial charge < -0.3 is 10.1 Å². The number of nitrogens with one attached hydrogen (secondary N) is 1. The SMILES string of the molecule is Cc1ccc(NC(=O)c2nn3c(C(F)(F)F)cc(C)nc3c2Cl)c(OC(F)F)c1. The summed E-state index contributed by atoms with van der Waals surface area (Å²) in [4.78, 5) is 16.4. The molecule has 29 heavy (non-hydrogen) atoms. The van der Waals surface area contributed by atoms with Gasteiger partial charge in [-0.15, -0.1) is 0 Å². The van der Waals surface area contributed by atoms with Gasteiger partial charge in [0.25, 0.3) is 5.91 Å². The number of carbonyl (C=O) groups excluding carboxylic acids is 1. The Balaban J connectivity index is 2.04. The fourth-order valence-electron chi connectivity index (χ4n) is 2.57. The van der Waals surface area contributed by atoms with Crippen molar-refractivity contribution in [1.82, 2.24) is 14.6 Å². The standard InChI is InChI=1S/C17H12ClF5N4O2/c1-7-3-4-9(10(5-7)29-16(19)20)25-15(28)13-12(18)14-24-8(2)6-11(17(21,22)23)27(14)26-13/h3-6,16H,1-2H3,(H,25,28). The summed E-state index contributed by atoms with van der Waals surface area (Å²) in [6, 6.07) is 4.84. The zero-order chi connectivity index (χ0) is 21.5. The number of benzene rings is 1. The molecule has 12 heteroatoms. The molecule has 0 unspecified atom stereocenters. The van der Waals surface area contributed by atoms with E-state index in [4.69, 9.17) is 11.6 Å². The molecule has 6 nitrogen and oxygen atoms in total. The van der Waals surface area contributed by atoms with Crippen LogP contribution in [0, 0.1) is 13.8 Å². The molecule has 3 rings (SSSR count). The van der Waals surface area contributed by atoms with Gasteiger partial charge in [0.1, 0.15) is 16.5 Å². The molecular weight excluding hydrogens is 423 g/mol. The predicted molar refractivity (Wildman–Crippen MR) is 93.5 cm³/mol. The zero-order valence-electron chi connectivity index (χ0n) is 14.8. The maximum absolute atomic E-state index is 13.3. The number of rotatable bonds is 4. The molecule has 0 aliphatic carbocycles. The zero-order valence-corrected chi connectivity index (χ0v) is 15.6. The summed E-state index contributed by atoms with van der Waals surface area (Å²) in [5, 5.41) is 5.48. The fourth-order valence-corrected chi connectivity index (χ4v) is 2.81. The van der Waals surface area contributed by atoms with Gasteiger partial charge in [-0.2, -0.15) is 27.1 Å². The van der Waals surface area contributed by atoms with Crippen LogP contribution in [0.15, 0.2) is 24.3 Å². The molecule has 2 aromatic heterocycles. The average Bonchev–Trinajstić information content (AvgIpc) is 2.92. The number of carbonyl (C=O) groups is 1. The maximum Gasteiger partial charge on any atom is 0.433 e. The molecule has 0 aliphatic rings. The molecule has 0 aliphatic heterocycles. The summed E-state index contributed by atoms with van der Waals surface area (Å²) in [6.07, 6.45) is -4.77. The van der Waals surface area contributed by atoms with Gasteiger partial charge in [0, 0.05) is 5.69 Å². The molecule has 2 heterocycles. The largest absolute Gasteiger partial charge is 0.433 e. The van der Waals surface area contributed by atoms with E-state index in [0.717, 1.165) is 6.07 Å². The number of aromatic nitrogens is 3. The first-order valence-electron chi connectivity index (χ1n) is 7.97. The Hall–Kier alpha value is -2.95. The van der Waals surface area contributed by atoms with E-state index in [2.05, 4.69) is 20.1 Å². The lowest BCUT2D eigenvalue weighted by atomic mass is 10.2. The topological polar surface area (TPSA) is 68.5 Å². The highest BCUT2D eigenvalue weighted by Crippen LogP contribution is 2.33. The monoisotopic (exact) mass is 434 g/mol. The van der Waals surface area contributed by atoms with Crippen LogP contribution in [0.25, 0.3) is 5.65 Å². The molecule has 3 aromatic rings. The molecule has 0 atom stereocenters. The normalized spacial score (nSPS) is 11.9. The van der Waals surface area contributed by atoms with E-state index in [0.29, 0.717) is 10.1 Å². The molecule has 1 aromatic carbocycles. The molecule has 0 saturated heterocycles. The Morgan fingerprint density at radius 1 is 1.24 bits per heavy atom. The van der Waals surface area contributed by atoms with Crippen molar-refractivity contribution in [1.29, 1.82) is 0 Å². The van der Waals surface area contributed by atoms with E-state index in [1.54, 1.807) is 6.92 Å². The molecule has 1 amide bonds. The average molecular weight is 435 g/mol. The Bertz CT molecular complexity index is 1100. The van der Waals surface area contributed by atoms with Crippen molar-refractivity contribution >= 4 is 28.8 Å². The third-order valence-electron chi connectivity index (χ3n) is 3.77. The summed E-state index contributed by atoms with van der Waals surface area (Å²) in [5.41, 5.74) is -1.62. The Morgan fingerprint density at radius 2 is 1.93 bits per heavy atom. The van der Waals surface area contributed by atoms with Crippen LogP contribution >= 0.6 is 11.6 Å². The van der Waals surface area contributed by atoms with Crippen molar-refractivity contribution < 1.29 is 31.5 Å². The number of hydrogen-bond acceptors (Lipinski definition) is 4. The van der Waals surface area contributed by atoms with Crippen molar-refractivity contribution in [2.75, 3.05) is 5.32 Å². The molecule has 0 bridgehead atoms. The van der Waals surface area contributed by atoms with Crippen molar-refractivity contribution in [3.63, 3.8) is 0 Å². The minimum atomic E-state index is -4.77. The summed E-state index contributed by atoms with van der Waals surface area (Å²) in [5.74, 6) is -1.34. The van der Waals surface area contributed by atoms with Gasteiger partial charge in [0.15, 0.2) is 11.3 Å². The lowest BCUT2D eigenvalue weighted by molar-refractivity contribution is -0.142.